The van der Waals surface area contributed by atoms with Crippen LogP contribution < -0.4 is 15.4 Å². The van der Waals surface area contributed by atoms with Crippen molar-refractivity contribution in [3.05, 3.63) is 59.9 Å². The molecule has 1 heterocycles. The van der Waals surface area contributed by atoms with Gasteiger partial charge in [-0.3, -0.25) is 4.98 Å². The molecule has 0 aliphatic rings. The molecule has 0 saturated carbocycles. The van der Waals surface area contributed by atoms with Crippen molar-refractivity contribution in [2.45, 2.75) is 33.4 Å². The first-order chi connectivity index (χ1) is 11.7. The van der Waals surface area contributed by atoms with Crippen LogP contribution in [0.4, 0.5) is 0 Å². The van der Waals surface area contributed by atoms with Gasteiger partial charge >= 0.3 is 0 Å². The lowest BCUT2D eigenvalue weighted by Crippen LogP contribution is -2.41. The highest BCUT2D eigenvalue weighted by Crippen LogP contribution is 2.13. The number of benzene rings is 1. The van der Waals surface area contributed by atoms with Crippen LogP contribution in [0.1, 0.15) is 25.1 Å². The van der Waals surface area contributed by atoms with Crippen LogP contribution in [-0.4, -0.2) is 30.1 Å². The Bertz CT molecular complexity index is 649. The van der Waals surface area contributed by atoms with Crippen molar-refractivity contribution < 1.29 is 4.74 Å². The minimum atomic E-state index is 0. The van der Waals surface area contributed by atoms with E-state index in [-0.39, 0.29) is 30.1 Å². The molecule has 136 valence electrons. The quantitative estimate of drug-likeness (QED) is 0.382. The molecule has 1 atom stereocenters. The number of aromatic nitrogens is 1. The van der Waals surface area contributed by atoms with E-state index < -0.39 is 0 Å². The lowest BCUT2D eigenvalue weighted by atomic mass is 10.2. The Morgan fingerprint density at radius 1 is 1.20 bits per heavy atom. The third kappa shape index (κ3) is 8.20. The largest absolute Gasteiger partial charge is 0.489 e. The molecule has 1 aromatic carbocycles. The Morgan fingerprint density at radius 2 is 2.04 bits per heavy atom. The second-order valence-electron chi connectivity index (χ2n) is 5.64. The SMILES string of the molecule is CCNC(=NCc1ccccn1)NCC(C)Oc1cccc(C)c1.I. The summed E-state index contributed by atoms with van der Waals surface area (Å²) in [7, 11) is 0. The van der Waals surface area contributed by atoms with Crippen molar-refractivity contribution in [3.63, 3.8) is 0 Å². The van der Waals surface area contributed by atoms with E-state index in [0.717, 1.165) is 23.9 Å². The fourth-order valence-corrected chi connectivity index (χ4v) is 2.20. The van der Waals surface area contributed by atoms with E-state index in [2.05, 4.69) is 33.6 Å². The molecule has 0 saturated heterocycles. The first kappa shape index (κ1) is 21.2. The molecule has 0 spiro atoms. The third-order valence-corrected chi connectivity index (χ3v) is 3.35. The molecule has 0 radical (unpaired) electrons. The molecule has 1 aromatic heterocycles. The summed E-state index contributed by atoms with van der Waals surface area (Å²) in [5.41, 5.74) is 2.14. The molecule has 0 aliphatic heterocycles. The van der Waals surface area contributed by atoms with Gasteiger partial charge in [-0.2, -0.15) is 0 Å². The number of hydrogen-bond acceptors (Lipinski definition) is 3. The summed E-state index contributed by atoms with van der Waals surface area (Å²) >= 11 is 0. The Labute approximate surface area is 167 Å². The van der Waals surface area contributed by atoms with Crippen LogP contribution in [0.5, 0.6) is 5.75 Å². The number of rotatable bonds is 7. The van der Waals surface area contributed by atoms with Gasteiger partial charge in [0.1, 0.15) is 11.9 Å². The van der Waals surface area contributed by atoms with Gasteiger partial charge < -0.3 is 15.4 Å². The summed E-state index contributed by atoms with van der Waals surface area (Å²) in [6.07, 6.45) is 1.81. The predicted molar refractivity (Wildman–Crippen MR) is 114 cm³/mol. The summed E-state index contributed by atoms with van der Waals surface area (Å²) < 4.78 is 5.93. The molecular formula is C19H27IN4O. The number of aliphatic imine (C=N–C) groups is 1. The second kappa shape index (κ2) is 11.7. The van der Waals surface area contributed by atoms with Gasteiger partial charge in [-0.25, -0.2) is 4.99 Å². The normalized spacial score (nSPS) is 12.0. The molecule has 1 unspecified atom stereocenters. The summed E-state index contributed by atoms with van der Waals surface area (Å²) in [5.74, 6) is 1.66. The number of halogens is 1. The lowest BCUT2D eigenvalue weighted by Gasteiger charge is -2.18. The van der Waals surface area contributed by atoms with Gasteiger partial charge in [0.05, 0.1) is 18.8 Å². The molecule has 2 aromatic rings. The van der Waals surface area contributed by atoms with Crippen molar-refractivity contribution in [2.24, 2.45) is 4.99 Å². The summed E-state index contributed by atoms with van der Waals surface area (Å²) in [6, 6.07) is 13.9. The highest BCUT2D eigenvalue weighted by atomic mass is 127. The van der Waals surface area contributed by atoms with Crippen LogP contribution >= 0.6 is 24.0 Å². The van der Waals surface area contributed by atoms with Gasteiger partial charge in [0.15, 0.2) is 5.96 Å². The fourth-order valence-electron chi connectivity index (χ4n) is 2.20. The number of ether oxygens (including phenoxy) is 1. The van der Waals surface area contributed by atoms with Gasteiger partial charge in [-0.1, -0.05) is 18.2 Å². The molecule has 0 amide bonds. The van der Waals surface area contributed by atoms with Crippen LogP contribution in [0, 0.1) is 6.92 Å². The average molecular weight is 454 g/mol. The molecule has 0 fully saturated rings. The Balaban J connectivity index is 0.00000312. The average Bonchev–Trinajstić information content (AvgIpc) is 2.58. The summed E-state index contributed by atoms with van der Waals surface area (Å²) in [4.78, 5) is 8.84. The molecule has 2 N–H and O–H groups in total. The smallest absolute Gasteiger partial charge is 0.191 e. The van der Waals surface area contributed by atoms with Crippen molar-refractivity contribution in [1.82, 2.24) is 15.6 Å². The van der Waals surface area contributed by atoms with Crippen LogP contribution in [0.2, 0.25) is 0 Å². The van der Waals surface area contributed by atoms with Gasteiger partial charge in [0, 0.05) is 12.7 Å². The second-order valence-corrected chi connectivity index (χ2v) is 5.64. The molecule has 25 heavy (non-hydrogen) atoms. The topological polar surface area (TPSA) is 58.5 Å². The Kier molecular flexibility index (Phi) is 9.91. The number of aryl methyl sites for hydroxylation is 1. The molecule has 0 aliphatic carbocycles. The van der Waals surface area contributed by atoms with E-state index in [1.165, 1.54) is 5.56 Å². The van der Waals surface area contributed by atoms with Crippen molar-refractivity contribution in [3.8, 4) is 5.75 Å². The Hall–Kier alpha value is -1.83. The van der Waals surface area contributed by atoms with Gasteiger partial charge in [-0.15, -0.1) is 24.0 Å². The molecule has 5 nitrogen and oxygen atoms in total. The van der Waals surface area contributed by atoms with Crippen LogP contribution in [0.25, 0.3) is 0 Å². The highest BCUT2D eigenvalue weighted by Gasteiger charge is 2.06. The number of nitrogens with zero attached hydrogens (tertiary/aromatic N) is 2. The first-order valence-corrected chi connectivity index (χ1v) is 8.32. The van der Waals surface area contributed by atoms with Crippen LogP contribution in [0.3, 0.4) is 0 Å². The monoisotopic (exact) mass is 454 g/mol. The van der Waals surface area contributed by atoms with E-state index in [0.29, 0.717) is 13.1 Å². The maximum atomic E-state index is 5.93. The van der Waals surface area contributed by atoms with E-state index in [1.54, 1.807) is 6.20 Å². The van der Waals surface area contributed by atoms with Crippen molar-refractivity contribution >= 4 is 29.9 Å². The third-order valence-electron chi connectivity index (χ3n) is 3.35. The van der Waals surface area contributed by atoms with Gasteiger partial charge in [-0.05, 0) is 50.6 Å². The molecule has 2 rings (SSSR count). The highest BCUT2D eigenvalue weighted by molar-refractivity contribution is 14.0. The van der Waals surface area contributed by atoms with Crippen LogP contribution in [-0.2, 0) is 6.54 Å². The van der Waals surface area contributed by atoms with Gasteiger partial charge in [0.25, 0.3) is 0 Å². The summed E-state index contributed by atoms with van der Waals surface area (Å²) in [5, 5.41) is 6.55. The standard InChI is InChI=1S/C19H26N4O.HI/c1-4-20-19(23-14-17-9-5-6-11-21-17)22-13-16(3)24-18-10-7-8-15(2)12-18;/h5-12,16H,4,13-14H2,1-3H3,(H2,20,22,23);1H. The number of guanidine groups is 1. The van der Waals surface area contributed by atoms with Crippen molar-refractivity contribution in [1.29, 1.82) is 0 Å². The zero-order valence-corrected chi connectivity index (χ0v) is 17.4. The minimum absolute atomic E-state index is 0. The van der Waals surface area contributed by atoms with Crippen LogP contribution in [0.15, 0.2) is 53.7 Å². The van der Waals surface area contributed by atoms with Gasteiger partial charge in [0.2, 0.25) is 0 Å². The zero-order chi connectivity index (χ0) is 17.2. The first-order valence-electron chi connectivity index (χ1n) is 8.32. The number of hydrogen-bond donors (Lipinski definition) is 2. The Morgan fingerprint density at radius 3 is 2.72 bits per heavy atom. The fraction of sp³-hybridized carbons (Fsp3) is 0.368. The molecule has 6 heteroatoms. The van der Waals surface area contributed by atoms with E-state index in [1.807, 2.05) is 50.2 Å². The summed E-state index contributed by atoms with van der Waals surface area (Å²) in [6.45, 7) is 8.16. The minimum Gasteiger partial charge on any atom is -0.489 e. The van der Waals surface area contributed by atoms with E-state index in [9.17, 15) is 0 Å². The predicted octanol–water partition coefficient (Wildman–Crippen LogP) is 3.53. The van der Waals surface area contributed by atoms with Crippen molar-refractivity contribution in [2.75, 3.05) is 13.1 Å². The van der Waals surface area contributed by atoms with E-state index >= 15 is 0 Å². The maximum Gasteiger partial charge on any atom is 0.191 e. The number of pyridine rings is 1. The molecular weight excluding hydrogens is 427 g/mol. The molecule has 0 bridgehead atoms. The number of nitrogens with one attached hydrogen (secondary N) is 2. The maximum absolute atomic E-state index is 5.93. The zero-order valence-electron chi connectivity index (χ0n) is 15.0. The lowest BCUT2D eigenvalue weighted by molar-refractivity contribution is 0.223. The van der Waals surface area contributed by atoms with E-state index in [4.69, 9.17) is 4.74 Å².